The normalized spacial score (nSPS) is 17.2. The molecular weight excluding hydrogens is 291 g/mol. The van der Waals surface area contributed by atoms with Gasteiger partial charge in [0, 0.05) is 21.6 Å². The molecule has 0 aromatic heterocycles. The quantitative estimate of drug-likeness (QED) is 0.899. The van der Waals surface area contributed by atoms with Gasteiger partial charge in [0.15, 0.2) is 0 Å². The van der Waals surface area contributed by atoms with Crippen molar-refractivity contribution < 1.29 is 14.2 Å². The highest BCUT2D eigenvalue weighted by molar-refractivity contribution is 6.31. The van der Waals surface area contributed by atoms with E-state index in [0.717, 1.165) is 11.3 Å². The maximum atomic E-state index is 13.9. The molecule has 0 bridgehead atoms. The summed E-state index contributed by atoms with van der Waals surface area (Å²) in [6.45, 7) is 4.75. The minimum atomic E-state index is -1.10. The van der Waals surface area contributed by atoms with E-state index in [1.807, 2.05) is 12.1 Å². The number of benzene rings is 2. The lowest BCUT2D eigenvalue weighted by Crippen LogP contribution is -2.18. The molecule has 2 nitrogen and oxygen atoms in total. The summed E-state index contributed by atoms with van der Waals surface area (Å²) in [5.41, 5.74) is 1.62. The molecule has 0 saturated heterocycles. The van der Waals surface area contributed by atoms with E-state index in [0.29, 0.717) is 12.2 Å². The van der Waals surface area contributed by atoms with Crippen molar-refractivity contribution in [2.75, 3.05) is 6.61 Å². The highest BCUT2D eigenvalue weighted by Gasteiger charge is 2.32. The molecule has 3 rings (SSSR count). The van der Waals surface area contributed by atoms with Gasteiger partial charge in [0.1, 0.15) is 17.7 Å². The summed E-state index contributed by atoms with van der Waals surface area (Å²) in [6, 6.07) is 9.82. The van der Waals surface area contributed by atoms with Crippen LogP contribution in [0.4, 0.5) is 4.39 Å². The van der Waals surface area contributed by atoms with Crippen LogP contribution in [-0.2, 0) is 5.41 Å². The largest absolute Gasteiger partial charge is 0.492 e. The summed E-state index contributed by atoms with van der Waals surface area (Å²) in [7, 11) is 0. The van der Waals surface area contributed by atoms with E-state index in [1.165, 1.54) is 12.1 Å². The lowest BCUT2D eigenvalue weighted by atomic mass is 9.85. The zero-order valence-corrected chi connectivity index (χ0v) is 12.6. The Hall–Kier alpha value is -1.58. The van der Waals surface area contributed by atoms with Crippen molar-refractivity contribution in [3.8, 4) is 5.75 Å². The van der Waals surface area contributed by atoms with Crippen molar-refractivity contribution in [3.05, 3.63) is 63.9 Å². The summed E-state index contributed by atoms with van der Waals surface area (Å²) in [5, 5.41) is 10.7. The molecule has 0 spiro atoms. The summed E-state index contributed by atoms with van der Waals surface area (Å²) in [4.78, 5) is 0. The van der Waals surface area contributed by atoms with Crippen molar-refractivity contribution in [1.29, 1.82) is 0 Å². The third-order valence-electron chi connectivity index (χ3n) is 3.91. The lowest BCUT2D eigenvalue weighted by Gasteiger charge is -2.18. The van der Waals surface area contributed by atoms with E-state index in [2.05, 4.69) is 13.8 Å². The van der Waals surface area contributed by atoms with E-state index in [1.54, 1.807) is 12.1 Å². The molecule has 1 atom stereocenters. The number of aliphatic hydroxyl groups is 1. The first-order valence-electron chi connectivity index (χ1n) is 6.79. The number of rotatable bonds is 2. The molecule has 0 fully saturated rings. The van der Waals surface area contributed by atoms with E-state index >= 15 is 0 Å². The van der Waals surface area contributed by atoms with E-state index in [9.17, 15) is 9.50 Å². The fourth-order valence-electron chi connectivity index (χ4n) is 2.65. The monoisotopic (exact) mass is 306 g/mol. The van der Waals surface area contributed by atoms with E-state index in [-0.39, 0.29) is 16.0 Å². The molecule has 1 aliphatic heterocycles. The standard InChI is InChI=1S/C17H16ClFO2/c1-17(2)9-21-14-7-6-10(8-11(14)17)16(20)15-12(18)4-3-5-13(15)19/h3-8,16,20H,9H2,1-2H3. The number of aliphatic hydroxyl groups excluding tert-OH is 1. The van der Waals surface area contributed by atoms with Gasteiger partial charge in [-0.15, -0.1) is 0 Å². The van der Waals surface area contributed by atoms with Crippen LogP contribution in [0, 0.1) is 5.82 Å². The molecule has 110 valence electrons. The lowest BCUT2D eigenvalue weighted by molar-refractivity contribution is 0.215. The predicted molar refractivity (Wildman–Crippen MR) is 80.4 cm³/mol. The van der Waals surface area contributed by atoms with Gasteiger partial charge in [-0.2, -0.15) is 0 Å². The van der Waals surface area contributed by atoms with Crippen LogP contribution in [0.1, 0.15) is 36.6 Å². The Morgan fingerprint density at radius 1 is 1.29 bits per heavy atom. The minimum absolute atomic E-state index is 0.107. The number of fused-ring (bicyclic) bond motifs is 1. The molecule has 2 aromatic carbocycles. The maximum absolute atomic E-state index is 13.9. The highest BCUT2D eigenvalue weighted by atomic mass is 35.5. The molecular formula is C17H16ClFO2. The van der Waals surface area contributed by atoms with Crippen molar-refractivity contribution in [2.24, 2.45) is 0 Å². The Bertz CT molecular complexity index is 677. The van der Waals surface area contributed by atoms with Crippen LogP contribution >= 0.6 is 11.6 Å². The highest BCUT2D eigenvalue weighted by Crippen LogP contribution is 2.41. The Morgan fingerprint density at radius 2 is 2.05 bits per heavy atom. The van der Waals surface area contributed by atoms with Gasteiger partial charge >= 0.3 is 0 Å². The van der Waals surface area contributed by atoms with Gasteiger partial charge in [-0.3, -0.25) is 0 Å². The summed E-state index contributed by atoms with van der Waals surface area (Å²) >= 11 is 6.02. The molecule has 4 heteroatoms. The second kappa shape index (κ2) is 5.00. The Kier molecular flexibility index (Phi) is 3.42. The third-order valence-corrected chi connectivity index (χ3v) is 4.24. The van der Waals surface area contributed by atoms with Crippen LogP contribution in [0.25, 0.3) is 0 Å². The number of ether oxygens (including phenoxy) is 1. The second-order valence-electron chi connectivity index (χ2n) is 5.97. The number of hydrogen-bond donors (Lipinski definition) is 1. The predicted octanol–water partition coefficient (Wildman–Crippen LogP) is 4.23. The first-order valence-corrected chi connectivity index (χ1v) is 7.17. The topological polar surface area (TPSA) is 29.5 Å². The average Bonchev–Trinajstić information content (AvgIpc) is 2.74. The fraction of sp³-hybridized carbons (Fsp3) is 0.294. The Labute approximate surface area is 128 Å². The van der Waals surface area contributed by atoms with Crippen LogP contribution in [0.5, 0.6) is 5.75 Å². The molecule has 1 N–H and O–H groups in total. The first kappa shape index (κ1) is 14.4. The van der Waals surface area contributed by atoms with Gasteiger partial charge in [-0.25, -0.2) is 4.39 Å². The molecule has 21 heavy (non-hydrogen) atoms. The van der Waals surface area contributed by atoms with Crippen LogP contribution in [-0.4, -0.2) is 11.7 Å². The Morgan fingerprint density at radius 3 is 2.76 bits per heavy atom. The fourth-order valence-corrected chi connectivity index (χ4v) is 2.91. The number of hydrogen-bond acceptors (Lipinski definition) is 2. The van der Waals surface area contributed by atoms with Crippen molar-refractivity contribution in [2.45, 2.75) is 25.4 Å². The van der Waals surface area contributed by atoms with Crippen LogP contribution < -0.4 is 4.74 Å². The SMILES string of the molecule is CC1(C)COc2ccc(C(O)c3c(F)cccc3Cl)cc21. The van der Waals surface area contributed by atoms with Crippen molar-refractivity contribution in [3.63, 3.8) is 0 Å². The van der Waals surface area contributed by atoms with Gasteiger partial charge in [-0.1, -0.05) is 37.6 Å². The van der Waals surface area contributed by atoms with Crippen LogP contribution in [0.2, 0.25) is 5.02 Å². The molecule has 1 unspecified atom stereocenters. The van der Waals surface area contributed by atoms with Crippen LogP contribution in [0.15, 0.2) is 36.4 Å². The zero-order valence-electron chi connectivity index (χ0n) is 11.9. The average molecular weight is 307 g/mol. The van der Waals surface area contributed by atoms with Crippen molar-refractivity contribution >= 4 is 11.6 Å². The molecule has 1 heterocycles. The molecule has 0 radical (unpaired) electrons. The minimum Gasteiger partial charge on any atom is -0.492 e. The van der Waals surface area contributed by atoms with Gasteiger partial charge < -0.3 is 9.84 Å². The summed E-state index contributed by atoms with van der Waals surface area (Å²) in [6.07, 6.45) is -1.10. The Balaban J connectivity index is 2.06. The summed E-state index contributed by atoms with van der Waals surface area (Å²) < 4.78 is 19.6. The zero-order chi connectivity index (χ0) is 15.2. The van der Waals surface area contributed by atoms with Crippen LogP contribution in [0.3, 0.4) is 0 Å². The smallest absolute Gasteiger partial charge is 0.130 e. The van der Waals surface area contributed by atoms with Gasteiger partial charge in [0.25, 0.3) is 0 Å². The molecule has 0 saturated carbocycles. The maximum Gasteiger partial charge on any atom is 0.130 e. The summed E-state index contributed by atoms with van der Waals surface area (Å²) in [5.74, 6) is 0.307. The third kappa shape index (κ3) is 2.41. The van der Waals surface area contributed by atoms with E-state index in [4.69, 9.17) is 16.3 Å². The molecule has 0 aliphatic carbocycles. The van der Waals surface area contributed by atoms with Gasteiger partial charge in [0.05, 0.1) is 6.61 Å². The first-order chi connectivity index (χ1) is 9.90. The second-order valence-corrected chi connectivity index (χ2v) is 6.37. The van der Waals surface area contributed by atoms with Gasteiger partial charge in [-0.05, 0) is 29.8 Å². The molecule has 2 aromatic rings. The van der Waals surface area contributed by atoms with Crippen molar-refractivity contribution in [1.82, 2.24) is 0 Å². The number of halogens is 2. The van der Waals surface area contributed by atoms with E-state index < -0.39 is 11.9 Å². The van der Waals surface area contributed by atoms with Gasteiger partial charge in [0.2, 0.25) is 0 Å². The molecule has 0 amide bonds. The molecule has 1 aliphatic rings.